The van der Waals surface area contributed by atoms with Gasteiger partial charge in [-0.25, -0.2) is 9.67 Å². The van der Waals surface area contributed by atoms with Crippen molar-refractivity contribution in [3.8, 4) is 16.9 Å². The second-order valence-electron chi connectivity index (χ2n) is 8.19. The lowest BCUT2D eigenvalue weighted by Crippen LogP contribution is -2.44. The predicted octanol–water partition coefficient (Wildman–Crippen LogP) is 3.94. The van der Waals surface area contributed by atoms with Crippen LogP contribution in [-0.4, -0.2) is 58.8 Å². The highest BCUT2D eigenvalue weighted by Gasteiger charge is 2.20. The molecule has 0 saturated carbocycles. The molecule has 0 spiro atoms. The number of para-hydroxylation sites is 1. The fourth-order valence-corrected chi connectivity index (χ4v) is 3.94. The van der Waals surface area contributed by atoms with Gasteiger partial charge in [-0.15, -0.1) is 0 Å². The third-order valence-electron chi connectivity index (χ3n) is 5.86. The van der Waals surface area contributed by atoms with E-state index in [1.54, 1.807) is 17.1 Å². The molecule has 1 amide bonds. The molecule has 2 aromatic carbocycles. The van der Waals surface area contributed by atoms with E-state index in [0.717, 1.165) is 43.2 Å². The van der Waals surface area contributed by atoms with Crippen LogP contribution in [0.25, 0.3) is 16.9 Å². The quantitative estimate of drug-likeness (QED) is 0.511. The minimum atomic E-state index is -0.217. The number of pyridine rings is 1. The van der Waals surface area contributed by atoms with Gasteiger partial charge in [0, 0.05) is 37.9 Å². The monoisotopic (exact) mass is 438 g/mol. The lowest BCUT2D eigenvalue weighted by Gasteiger charge is -2.33. The van der Waals surface area contributed by atoms with Crippen molar-refractivity contribution in [2.75, 3.05) is 43.4 Å². The number of amides is 1. The molecule has 1 saturated heterocycles. The summed E-state index contributed by atoms with van der Waals surface area (Å²) in [5.74, 6) is 0.716. The molecule has 0 unspecified atom stereocenters. The number of piperazine rings is 1. The van der Waals surface area contributed by atoms with Crippen LogP contribution in [0.2, 0.25) is 0 Å². The smallest absolute Gasteiger partial charge is 0.259 e. The zero-order valence-corrected chi connectivity index (χ0v) is 18.6. The van der Waals surface area contributed by atoms with Crippen molar-refractivity contribution < 1.29 is 4.79 Å². The van der Waals surface area contributed by atoms with Crippen LogP contribution in [-0.2, 0) is 0 Å². The molecular weight excluding hydrogens is 412 g/mol. The minimum Gasteiger partial charge on any atom is -0.354 e. The number of hydrogen-bond donors (Lipinski definition) is 1. The van der Waals surface area contributed by atoms with Gasteiger partial charge in [0.05, 0.1) is 23.1 Å². The molecule has 1 N–H and O–H groups in total. The zero-order chi connectivity index (χ0) is 22.6. The molecular formula is C26H26N6O. The fraction of sp³-hybridized carbons (Fsp3) is 0.192. The van der Waals surface area contributed by atoms with E-state index in [1.165, 1.54) is 0 Å². The van der Waals surface area contributed by atoms with Gasteiger partial charge >= 0.3 is 0 Å². The first-order chi connectivity index (χ1) is 16.2. The third kappa shape index (κ3) is 4.63. The molecule has 2 aromatic heterocycles. The molecule has 0 radical (unpaired) electrons. The Kier molecular flexibility index (Phi) is 5.87. The van der Waals surface area contributed by atoms with Crippen molar-refractivity contribution in [1.29, 1.82) is 0 Å². The number of likely N-dealkylation sites (N-methyl/N-ethyl adjacent to an activating group) is 1. The molecule has 0 aliphatic carbocycles. The third-order valence-corrected chi connectivity index (χ3v) is 5.86. The van der Waals surface area contributed by atoms with E-state index in [1.807, 2.05) is 72.8 Å². The summed E-state index contributed by atoms with van der Waals surface area (Å²) in [7, 11) is 2.13. The maximum absolute atomic E-state index is 13.3. The Morgan fingerprint density at radius 1 is 0.879 bits per heavy atom. The van der Waals surface area contributed by atoms with Crippen LogP contribution in [0.3, 0.4) is 0 Å². The number of rotatable bonds is 5. The summed E-state index contributed by atoms with van der Waals surface area (Å²) in [6.45, 7) is 3.95. The summed E-state index contributed by atoms with van der Waals surface area (Å²) in [5, 5.41) is 7.71. The molecule has 33 heavy (non-hydrogen) atoms. The summed E-state index contributed by atoms with van der Waals surface area (Å²) in [6, 6.07) is 23.4. The number of hydrogen-bond acceptors (Lipinski definition) is 5. The van der Waals surface area contributed by atoms with Gasteiger partial charge in [-0.3, -0.25) is 4.79 Å². The number of aromatic nitrogens is 3. The first-order valence-corrected chi connectivity index (χ1v) is 11.1. The van der Waals surface area contributed by atoms with Gasteiger partial charge in [-0.2, -0.15) is 5.10 Å². The van der Waals surface area contributed by atoms with Crippen molar-refractivity contribution in [1.82, 2.24) is 19.7 Å². The largest absolute Gasteiger partial charge is 0.354 e. The normalized spacial score (nSPS) is 14.3. The van der Waals surface area contributed by atoms with E-state index in [-0.39, 0.29) is 5.91 Å². The molecule has 1 fully saturated rings. The van der Waals surface area contributed by atoms with E-state index in [9.17, 15) is 4.79 Å². The van der Waals surface area contributed by atoms with E-state index in [2.05, 4.69) is 27.1 Å². The lowest BCUT2D eigenvalue weighted by molar-refractivity contribution is 0.102. The Hall–Kier alpha value is -3.97. The molecule has 3 heterocycles. The van der Waals surface area contributed by atoms with Crippen LogP contribution in [0.5, 0.6) is 0 Å². The number of nitrogens with one attached hydrogen (secondary N) is 1. The topological polar surface area (TPSA) is 66.3 Å². The Bertz CT molecular complexity index is 1210. The van der Waals surface area contributed by atoms with Crippen LogP contribution in [0.1, 0.15) is 10.4 Å². The Balaban J connectivity index is 1.39. The van der Waals surface area contributed by atoms with E-state index >= 15 is 0 Å². The highest BCUT2D eigenvalue weighted by atomic mass is 16.1. The Labute approximate surface area is 193 Å². The van der Waals surface area contributed by atoms with Gasteiger partial charge in [0.15, 0.2) is 0 Å². The van der Waals surface area contributed by atoms with Crippen LogP contribution >= 0.6 is 0 Å². The highest BCUT2D eigenvalue weighted by molar-refractivity contribution is 6.08. The maximum Gasteiger partial charge on any atom is 0.259 e. The van der Waals surface area contributed by atoms with Crippen LogP contribution < -0.4 is 10.2 Å². The fourth-order valence-electron chi connectivity index (χ4n) is 3.94. The van der Waals surface area contributed by atoms with E-state index in [4.69, 9.17) is 5.10 Å². The number of carbonyl (C=O) groups is 1. The predicted molar refractivity (Wildman–Crippen MR) is 131 cm³/mol. The molecule has 1 aliphatic heterocycles. The van der Waals surface area contributed by atoms with Crippen molar-refractivity contribution >= 4 is 17.4 Å². The summed E-state index contributed by atoms with van der Waals surface area (Å²) in [4.78, 5) is 22.4. The Morgan fingerprint density at radius 3 is 2.24 bits per heavy atom. The van der Waals surface area contributed by atoms with Crippen molar-refractivity contribution in [2.24, 2.45) is 0 Å². The maximum atomic E-state index is 13.3. The summed E-state index contributed by atoms with van der Waals surface area (Å²) in [5.41, 5.74) is 3.59. The Morgan fingerprint density at radius 2 is 1.58 bits per heavy atom. The average Bonchev–Trinajstić information content (AvgIpc) is 3.32. The second-order valence-corrected chi connectivity index (χ2v) is 8.19. The molecule has 5 rings (SSSR count). The molecule has 0 atom stereocenters. The molecule has 7 nitrogen and oxygen atoms in total. The number of nitrogens with zero attached hydrogens (tertiary/aromatic N) is 5. The minimum absolute atomic E-state index is 0.217. The number of benzene rings is 2. The summed E-state index contributed by atoms with van der Waals surface area (Å²) < 4.78 is 1.74. The van der Waals surface area contributed by atoms with Crippen LogP contribution in [0, 0.1) is 0 Å². The summed E-state index contributed by atoms with van der Waals surface area (Å²) >= 11 is 0. The number of carbonyl (C=O) groups excluding carboxylic acids is 1. The zero-order valence-electron chi connectivity index (χ0n) is 18.6. The van der Waals surface area contributed by atoms with Gasteiger partial charge in [0.1, 0.15) is 11.5 Å². The average molecular weight is 439 g/mol. The van der Waals surface area contributed by atoms with E-state index in [0.29, 0.717) is 16.9 Å². The molecule has 166 valence electrons. The lowest BCUT2D eigenvalue weighted by atomic mass is 10.1. The van der Waals surface area contributed by atoms with Crippen LogP contribution in [0.15, 0.2) is 85.2 Å². The van der Waals surface area contributed by atoms with Crippen molar-refractivity contribution in [3.05, 3.63) is 90.8 Å². The van der Waals surface area contributed by atoms with Gasteiger partial charge < -0.3 is 15.1 Å². The van der Waals surface area contributed by atoms with Crippen molar-refractivity contribution in [2.45, 2.75) is 0 Å². The summed E-state index contributed by atoms with van der Waals surface area (Å²) in [6.07, 6.45) is 3.49. The van der Waals surface area contributed by atoms with Crippen molar-refractivity contribution in [3.63, 3.8) is 0 Å². The van der Waals surface area contributed by atoms with Gasteiger partial charge in [0.25, 0.3) is 5.91 Å². The first kappa shape index (κ1) is 20.9. The molecule has 1 aliphatic rings. The molecule has 0 bridgehead atoms. The highest BCUT2D eigenvalue weighted by Crippen LogP contribution is 2.25. The van der Waals surface area contributed by atoms with Crippen LogP contribution in [0.4, 0.5) is 11.5 Å². The standard InChI is InChI=1S/C26H26N6O/c1-30-14-16-31(17-15-30)24-13-12-21(18-27-24)28-26(33)23-19-32(22-10-6-3-7-11-22)29-25(23)20-8-4-2-5-9-20/h2-13,18-19H,14-17H2,1H3,(H,28,33). The SMILES string of the molecule is CN1CCN(c2ccc(NC(=O)c3cn(-c4ccccc4)nc3-c3ccccc3)cn2)CC1. The van der Waals surface area contributed by atoms with E-state index < -0.39 is 0 Å². The second kappa shape index (κ2) is 9.26. The van der Waals surface area contributed by atoms with Gasteiger partial charge in [0.2, 0.25) is 0 Å². The first-order valence-electron chi connectivity index (χ1n) is 11.1. The number of anilines is 2. The molecule has 7 heteroatoms. The van der Waals surface area contributed by atoms with Gasteiger partial charge in [-0.1, -0.05) is 48.5 Å². The van der Waals surface area contributed by atoms with Gasteiger partial charge in [-0.05, 0) is 31.3 Å². The molecule has 4 aromatic rings.